The first-order valence-electron chi connectivity index (χ1n) is 16.9. The highest BCUT2D eigenvalue weighted by atomic mass is 16.3. The number of fused-ring (bicyclic) bond motifs is 10. The Kier molecular flexibility index (Phi) is 5.43. The van der Waals surface area contributed by atoms with E-state index in [9.17, 15) is 0 Å². The van der Waals surface area contributed by atoms with E-state index in [1.54, 1.807) is 0 Å². The summed E-state index contributed by atoms with van der Waals surface area (Å²) in [4.78, 5) is 9.24. The van der Waals surface area contributed by atoms with Crippen molar-refractivity contribution in [3.63, 3.8) is 0 Å². The highest BCUT2D eigenvalue weighted by molar-refractivity contribution is 6.16. The topological polar surface area (TPSA) is 39.2 Å². The van der Waals surface area contributed by atoms with Crippen molar-refractivity contribution in [1.82, 2.24) is 0 Å². The minimum Gasteiger partial charge on any atom is -0.456 e. The second-order valence-corrected chi connectivity index (χ2v) is 13.2. The smallest absolute Gasteiger partial charge is 0.139 e. The zero-order valence-electron chi connectivity index (χ0n) is 27.5. The average molecular weight is 647 g/mol. The number of hydrogen-bond acceptors (Lipinski definition) is 6. The van der Waals surface area contributed by atoms with Gasteiger partial charge in [0.05, 0.1) is 45.5 Å². The Labute approximate surface area is 288 Å². The van der Waals surface area contributed by atoms with Crippen LogP contribution < -0.4 is 19.6 Å². The number of furan rings is 2. The summed E-state index contributed by atoms with van der Waals surface area (Å²) >= 11 is 0. The normalized spacial score (nSPS) is 13.6. The van der Waals surface area contributed by atoms with Crippen LogP contribution in [0.5, 0.6) is 0 Å². The van der Waals surface area contributed by atoms with Crippen molar-refractivity contribution in [2.75, 3.05) is 33.7 Å². The monoisotopic (exact) mass is 646 g/mol. The summed E-state index contributed by atoms with van der Waals surface area (Å²) in [6.45, 7) is 0. The molecule has 2 aliphatic rings. The van der Waals surface area contributed by atoms with Crippen molar-refractivity contribution in [1.29, 1.82) is 0 Å². The number of anilines is 10. The Hall–Kier alpha value is -6.66. The predicted octanol–water partition coefficient (Wildman–Crippen LogP) is 12.6. The van der Waals surface area contributed by atoms with Gasteiger partial charge in [0.1, 0.15) is 22.3 Å². The van der Waals surface area contributed by atoms with Gasteiger partial charge >= 0.3 is 0 Å². The lowest BCUT2D eigenvalue weighted by Gasteiger charge is -2.38. The van der Waals surface area contributed by atoms with Gasteiger partial charge in [-0.2, -0.15) is 0 Å². The second-order valence-electron chi connectivity index (χ2n) is 13.2. The molecule has 0 saturated heterocycles. The Morgan fingerprint density at radius 1 is 0.320 bits per heavy atom. The van der Waals surface area contributed by atoms with Gasteiger partial charge in [0, 0.05) is 53.1 Å². The molecule has 0 aliphatic carbocycles. The number of nitrogens with zero attached hydrogens (tertiary/aromatic N) is 4. The third-order valence-electron chi connectivity index (χ3n) is 10.5. The van der Waals surface area contributed by atoms with E-state index < -0.39 is 0 Å². The number of rotatable bonds is 2. The summed E-state index contributed by atoms with van der Waals surface area (Å²) in [6, 6.07) is 51.6. The van der Waals surface area contributed by atoms with Crippen LogP contribution in [0.2, 0.25) is 0 Å². The summed E-state index contributed by atoms with van der Waals surface area (Å²) < 4.78 is 12.9. The van der Waals surface area contributed by atoms with Crippen molar-refractivity contribution >= 4 is 101 Å². The minimum absolute atomic E-state index is 0.810. The van der Waals surface area contributed by atoms with E-state index in [4.69, 9.17) is 8.83 Å². The Balaban J connectivity index is 1.10. The molecule has 0 atom stereocenters. The molecule has 0 radical (unpaired) electrons. The molecule has 238 valence electrons. The Bertz CT molecular complexity index is 2560. The van der Waals surface area contributed by atoms with Gasteiger partial charge < -0.3 is 28.4 Å². The molecule has 2 aliphatic heterocycles. The van der Waals surface area contributed by atoms with E-state index in [1.165, 1.54) is 0 Å². The standard InChI is InChI=1S/C44H30N4O2/c1-45-33-11-3-7-15-37(33)47(38-16-8-4-12-34(38)45)27-19-21-41-29(23-27)31-25-32-30-24-28(20-22-42(30)50-44(32)26-43(31)49-41)48-39-17-9-5-13-35(39)46(2)36-14-6-10-18-40(36)48/h3-26H,1-2H3. The number of hydrogen-bond donors (Lipinski definition) is 0. The van der Waals surface area contributed by atoms with Gasteiger partial charge in [0.25, 0.3) is 0 Å². The van der Waals surface area contributed by atoms with Gasteiger partial charge in [-0.15, -0.1) is 0 Å². The van der Waals surface area contributed by atoms with E-state index in [-0.39, 0.29) is 0 Å². The third-order valence-corrected chi connectivity index (χ3v) is 10.5. The SMILES string of the molecule is CN1c2ccccc2N(c2ccc3oc4cc5oc6ccc(N7c8ccccc8N(C)c8ccccc87)cc6c5cc4c3c2)c2ccccc21. The summed E-state index contributed by atoms with van der Waals surface area (Å²) in [5.74, 6) is 0. The first-order chi connectivity index (χ1) is 24.6. The van der Waals surface area contributed by atoms with Crippen LogP contribution >= 0.6 is 0 Å². The first kappa shape index (κ1) is 27.3. The van der Waals surface area contributed by atoms with Crippen molar-refractivity contribution in [2.24, 2.45) is 0 Å². The van der Waals surface area contributed by atoms with Crippen molar-refractivity contribution in [2.45, 2.75) is 0 Å². The molecular formula is C44H30N4O2. The largest absolute Gasteiger partial charge is 0.456 e. The maximum atomic E-state index is 6.46. The molecule has 0 spiro atoms. The van der Waals surface area contributed by atoms with E-state index in [0.717, 1.165) is 101 Å². The van der Waals surface area contributed by atoms with Crippen LogP contribution in [-0.4, -0.2) is 14.1 Å². The average Bonchev–Trinajstić information content (AvgIpc) is 3.70. The van der Waals surface area contributed by atoms with Crippen molar-refractivity contribution < 1.29 is 8.83 Å². The molecule has 0 unspecified atom stereocenters. The van der Waals surface area contributed by atoms with Gasteiger partial charge in [-0.25, -0.2) is 0 Å². The number of para-hydroxylation sites is 8. The van der Waals surface area contributed by atoms with E-state index in [0.29, 0.717) is 0 Å². The van der Waals surface area contributed by atoms with Crippen molar-refractivity contribution in [3.8, 4) is 0 Å². The maximum Gasteiger partial charge on any atom is 0.139 e. The maximum absolute atomic E-state index is 6.46. The molecule has 0 bridgehead atoms. The van der Waals surface area contributed by atoms with Crippen LogP contribution in [-0.2, 0) is 0 Å². The molecule has 0 fully saturated rings. The fourth-order valence-corrected chi connectivity index (χ4v) is 8.12. The van der Waals surface area contributed by atoms with E-state index in [1.807, 2.05) is 6.07 Å². The molecule has 0 amide bonds. The van der Waals surface area contributed by atoms with Gasteiger partial charge in [0.15, 0.2) is 0 Å². The zero-order chi connectivity index (χ0) is 33.1. The lowest BCUT2D eigenvalue weighted by molar-refractivity contribution is 0.656. The molecular weight excluding hydrogens is 617 g/mol. The summed E-state index contributed by atoms with van der Waals surface area (Å²) in [7, 11) is 4.27. The molecule has 6 heteroatoms. The third kappa shape index (κ3) is 3.67. The quantitative estimate of drug-likeness (QED) is 0.186. The van der Waals surface area contributed by atoms with Gasteiger partial charge in [-0.05, 0) is 91.0 Å². The minimum atomic E-state index is 0.810. The molecule has 6 nitrogen and oxygen atoms in total. The Morgan fingerprint density at radius 2 is 0.640 bits per heavy atom. The van der Waals surface area contributed by atoms with Gasteiger partial charge in [-0.3, -0.25) is 0 Å². The fraction of sp³-hybridized carbons (Fsp3) is 0.0455. The zero-order valence-corrected chi connectivity index (χ0v) is 27.5. The first-order valence-corrected chi connectivity index (χ1v) is 16.9. The summed E-state index contributed by atoms with van der Waals surface area (Å²) in [5, 5.41) is 4.27. The molecule has 7 aromatic carbocycles. The van der Waals surface area contributed by atoms with Crippen LogP contribution in [0.4, 0.5) is 56.9 Å². The molecule has 0 N–H and O–H groups in total. The second kappa shape index (κ2) is 9.94. The highest BCUT2D eigenvalue weighted by Crippen LogP contribution is 2.53. The van der Waals surface area contributed by atoms with Crippen molar-refractivity contribution in [3.05, 3.63) is 146 Å². The van der Waals surface area contributed by atoms with Crippen LogP contribution in [0.1, 0.15) is 0 Å². The Morgan fingerprint density at radius 3 is 1.00 bits per heavy atom. The van der Waals surface area contributed by atoms with Crippen LogP contribution in [0.3, 0.4) is 0 Å². The number of benzene rings is 7. The van der Waals surface area contributed by atoms with E-state index >= 15 is 0 Å². The van der Waals surface area contributed by atoms with Gasteiger partial charge in [0.2, 0.25) is 0 Å². The predicted molar refractivity (Wildman–Crippen MR) is 206 cm³/mol. The lowest BCUT2D eigenvalue weighted by Crippen LogP contribution is -2.23. The van der Waals surface area contributed by atoms with Crippen LogP contribution in [0.25, 0.3) is 43.9 Å². The molecule has 9 aromatic rings. The van der Waals surface area contributed by atoms with Crippen LogP contribution in [0.15, 0.2) is 154 Å². The molecule has 11 rings (SSSR count). The molecule has 0 saturated carbocycles. The summed E-state index contributed by atoms with van der Waals surface area (Å²) in [6.07, 6.45) is 0. The van der Waals surface area contributed by atoms with E-state index in [2.05, 4.69) is 173 Å². The highest BCUT2D eigenvalue weighted by Gasteiger charge is 2.29. The summed E-state index contributed by atoms with van der Waals surface area (Å²) in [5.41, 5.74) is 14.7. The molecule has 50 heavy (non-hydrogen) atoms. The lowest BCUT2D eigenvalue weighted by atomic mass is 10.0. The fourth-order valence-electron chi connectivity index (χ4n) is 8.12. The van der Waals surface area contributed by atoms with Gasteiger partial charge in [-0.1, -0.05) is 48.5 Å². The van der Waals surface area contributed by atoms with Crippen LogP contribution in [0, 0.1) is 0 Å². The molecule has 4 heterocycles. The molecule has 2 aromatic heterocycles.